The fraction of sp³-hybridized carbons (Fsp3) is 0.600. The maximum absolute atomic E-state index is 9.18. The summed E-state index contributed by atoms with van der Waals surface area (Å²) in [5, 5.41) is 24.2. The van der Waals surface area contributed by atoms with E-state index in [1.54, 1.807) is 20.0 Å². The highest BCUT2D eigenvalue weighted by Crippen LogP contribution is 2.19. The van der Waals surface area contributed by atoms with Crippen molar-refractivity contribution in [1.29, 1.82) is 0 Å². The second kappa shape index (κ2) is 6.73. The largest absolute Gasteiger partial charge is 0.392 e. The Labute approximate surface area is 109 Å². The molecule has 0 bridgehead atoms. The van der Waals surface area contributed by atoms with Crippen molar-refractivity contribution in [2.75, 3.05) is 23.7 Å². The number of nitrogens with one attached hydrogen (secondary N) is 2. The van der Waals surface area contributed by atoms with Crippen LogP contribution in [0.5, 0.6) is 0 Å². The first-order chi connectivity index (χ1) is 7.99. The third kappa shape index (κ3) is 5.29. The monoisotopic (exact) mass is 304 g/mol. The number of aliphatic hydroxyl groups excluding tert-OH is 2. The molecule has 0 radical (unpaired) electrons. The van der Waals surface area contributed by atoms with Gasteiger partial charge in [0.25, 0.3) is 0 Å². The van der Waals surface area contributed by atoms with E-state index in [1.807, 2.05) is 0 Å². The van der Waals surface area contributed by atoms with E-state index in [9.17, 15) is 5.11 Å². The highest BCUT2D eigenvalue weighted by atomic mass is 79.9. The van der Waals surface area contributed by atoms with Gasteiger partial charge in [0.1, 0.15) is 5.82 Å². The summed E-state index contributed by atoms with van der Waals surface area (Å²) in [4.78, 5) is 8.27. The SMILES string of the molecule is C[C@@H](O)CNc1ncc(Br)c(NC[C@@H](C)O)n1. The molecule has 2 atom stereocenters. The van der Waals surface area contributed by atoms with Gasteiger partial charge in [-0.25, -0.2) is 4.98 Å². The van der Waals surface area contributed by atoms with Gasteiger partial charge in [-0.1, -0.05) is 0 Å². The van der Waals surface area contributed by atoms with Crippen molar-refractivity contribution in [3.63, 3.8) is 0 Å². The smallest absolute Gasteiger partial charge is 0.224 e. The van der Waals surface area contributed by atoms with Crippen LogP contribution in [-0.4, -0.2) is 45.5 Å². The molecule has 1 aromatic rings. The second-order valence-electron chi connectivity index (χ2n) is 3.85. The Morgan fingerprint density at radius 1 is 1.24 bits per heavy atom. The van der Waals surface area contributed by atoms with Gasteiger partial charge in [0.2, 0.25) is 5.95 Å². The van der Waals surface area contributed by atoms with Gasteiger partial charge in [0, 0.05) is 19.3 Å². The minimum atomic E-state index is -0.462. The Balaban J connectivity index is 2.65. The van der Waals surface area contributed by atoms with Crippen LogP contribution in [-0.2, 0) is 0 Å². The zero-order valence-electron chi connectivity index (χ0n) is 9.81. The first kappa shape index (κ1) is 14.1. The molecule has 0 aliphatic heterocycles. The zero-order valence-corrected chi connectivity index (χ0v) is 11.4. The van der Waals surface area contributed by atoms with E-state index in [4.69, 9.17) is 5.11 Å². The lowest BCUT2D eigenvalue weighted by atomic mass is 10.4. The minimum Gasteiger partial charge on any atom is -0.392 e. The fourth-order valence-electron chi connectivity index (χ4n) is 1.06. The van der Waals surface area contributed by atoms with Crippen molar-refractivity contribution >= 4 is 27.7 Å². The topological polar surface area (TPSA) is 90.3 Å². The molecule has 1 rings (SSSR count). The average Bonchev–Trinajstić information content (AvgIpc) is 2.26. The van der Waals surface area contributed by atoms with E-state index >= 15 is 0 Å². The van der Waals surface area contributed by atoms with Gasteiger partial charge in [-0.15, -0.1) is 0 Å². The second-order valence-corrected chi connectivity index (χ2v) is 4.70. The van der Waals surface area contributed by atoms with Crippen LogP contribution in [0.2, 0.25) is 0 Å². The summed E-state index contributed by atoms with van der Waals surface area (Å²) >= 11 is 3.31. The zero-order chi connectivity index (χ0) is 12.8. The lowest BCUT2D eigenvalue weighted by molar-refractivity contribution is 0.208. The van der Waals surface area contributed by atoms with E-state index in [0.29, 0.717) is 24.9 Å². The molecule has 1 heterocycles. The van der Waals surface area contributed by atoms with Gasteiger partial charge in [-0.2, -0.15) is 4.98 Å². The quantitative estimate of drug-likeness (QED) is 0.622. The number of aliphatic hydroxyl groups is 2. The lowest BCUT2D eigenvalue weighted by Crippen LogP contribution is -2.19. The fourth-order valence-corrected chi connectivity index (χ4v) is 1.39. The normalized spacial score (nSPS) is 14.2. The molecule has 0 saturated carbocycles. The van der Waals surface area contributed by atoms with Gasteiger partial charge in [0.05, 0.1) is 16.7 Å². The Hall–Kier alpha value is -0.920. The summed E-state index contributed by atoms with van der Waals surface area (Å²) in [6, 6.07) is 0. The van der Waals surface area contributed by atoms with Crippen LogP contribution in [0.4, 0.5) is 11.8 Å². The predicted molar refractivity (Wildman–Crippen MR) is 70.1 cm³/mol. The molecule has 0 aromatic carbocycles. The summed E-state index contributed by atoms with van der Waals surface area (Å²) in [7, 11) is 0. The molecular formula is C10H17BrN4O2. The molecule has 17 heavy (non-hydrogen) atoms. The summed E-state index contributed by atoms with van der Waals surface area (Å²) in [6.07, 6.45) is 0.698. The predicted octanol–water partition coefficient (Wildman–Crippen LogP) is 0.825. The molecule has 0 fully saturated rings. The number of anilines is 2. The molecule has 0 spiro atoms. The van der Waals surface area contributed by atoms with E-state index in [1.165, 1.54) is 0 Å². The van der Waals surface area contributed by atoms with E-state index in [0.717, 1.165) is 4.47 Å². The van der Waals surface area contributed by atoms with Crippen LogP contribution in [0.25, 0.3) is 0 Å². The molecule has 7 heteroatoms. The molecule has 96 valence electrons. The van der Waals surface area contributed by atoms with E-state index < -0.39 is 12.2 Å². The van der Waals surface area contributed by atoms with Crippen molar-refractivity contribution in [3.8, 4) is 0 Å². The third-order valence-electron chi connectivity index (χ3n) is 1.86. The minimum absolute atomic E-state index is 0.386. The molecule has 1 aromatic heterocycles. The summed E-state index contributed by atoms with van der Waals surface area (Å²) in [5.74, 6) is 1.04. The van der Waals surface area contributed by atoms with Crippen molar-refractivity contribution in [2.24, 2.45) is 0 Å². The number of nitrogens with zero attached hydrogens (tertiary/aromatic N) is 2. The average molecular weight is 305 g/mol. The third-order valence-corrected chi connectivity index (χ3v) is 2.44. The Kier molecular flexibility index (Phi) is 5.60. The molecule has 0 aliphatic rings. The van der Waals surface area contributed by atoms with Crippen molar-refractivity contribution < 1.29 is 10.2 Å². The van der Waals surface area contributed by atoms with E-state index in [-0.39, 0.29) is 0 Å². The van der Waals surface area contributed by atoms with Gasteiger partial charge in [0.15, 0.2) is 0 Å². The van der Waals surface area contributed by atoms with Crippen molar-refractivity contribution in [1.82, 2.24) is 9.97 Å². The standard InChI is InChI=1S/C10H17BrN4O2/c1-6(16)3-12-9-8(11)5-14-10(15-9)13-4-7(2)17/h5-7,16-17H,3-4H2,1-2H3,(H2,12,13,14,15)/t6-,7-/m1/s1. The van der Waals surface area contributed by atoms with Crippen molar-refractivity contribution in [2.45, 2.75) is 26.1 Å². The molecule has 6 nitrogen and oxygen atoms in total. The first-order valence-electron chi connectivity index (χ1n) is 5.35. The summed E-state index contributed by atoms with van der Waals surface area (Å²) in [6.45, 7) is 4.16. The summed E-state index contributed by atoms with van der Waals surface area (Å²) < 4.78 is 0.723. The maximum Gasteiger partial charge on any atom is 0.224 e. The highest BCUT2D eigenvalue weighted by molar-refractivity contribution is 9.10. The van der Waals surface area contributed by atoms with E-state index in [2.05, 4.69) is 36.5 Å². The molecule has 0 aliphatic carbocycles. The molecule has 0 amide bonds. The number of hydrogen-bond acceptors (Lipinski definition) is 6. The van der Waals surface area contributed by atoms with Crippen LogP contribution < -0.4 is 10.6 Å². The van der Waals surface area contributed by atoms with Crippen LogP contribution >= 0.6 is 15.9 Å². The number of halogens is 1. The Morgan fingerprint density at radius 2 is 1.82 bits per heavy atom. The maximum atomic E-state index is 9.18. The Morgan fingerprint density at radius 3 is 2.41 bits per heavy atom. The summed E-state index contributed by atoms with van der Waals surface area (Å²) in [5.41, 5.74) is 0. The first-order valence-corrected chi connectivity index (χ1v) is 6.14. The highest BCUT2D eigenvalue weighted by Gasteiger charge is 2.06. The van der Waals surface area contributed by atoms with Crippen LogP contribution in [0.15, 0.2) is 10.7 Å². The van der Waals surface area contributed by atoms with Crippen LogP contribution in [0.3, 0.4) is 0 Å². The molecule has 4 N–H and O–H groups in total. The van der Waals surface area contributed by atoms with Crippen LogP contribution in [0, 0.1) is 0 Å². The van der Waals surface area contributed by atoms with Crippen LogP contribution in [0.1, 0.15) is 13.8 Å². The number of rotatable bonds is 6. The lowest BCUT2D eigenvalue weighted by Gasteiger charge is -2.11. The molecule has 0 unspecified atom stereocenters. The van der Waals surface area contributed by atoms with Gasteiger partial charge >= 0.3 is 0 Å². The number of aromatic nitrogens is 2. The number of hydrogen-bond donors (Lipinski definition) is 4. The Bertz CT molecular complexity index is 360. The van der Waals surface area contributed by atoms with Crippen molar-refractivity contribution in [3.05, 3.63) is 10.7 Å². The van der Waals surface area contributed by atoms with Gasteiger partial charge in [-0.3, -0.25) is 0 Å². The molecular weight excluding hydrogens is 288 g/mol. The van der Waals surface area contributed by atoms with Gasteiger partial charge < -0.3 is 20.8 Å². The van der Waals surface area contributed by atoms with Gasteiger partial charge in [-0.05, 0) is 29.8 Å². The molecule has 0 saturated heterocycles.